The molecule has 0 fully saturated rings. The Morgan fingerprint density at radius 2 is 1.04 bits per heavy atom. The number of hydrogen-bond acceptors (Lipinski definition) is 3. The Morgan fingerprint density at radius 3 is 1.56 bits per heavy atom. The quantitative estimate of drug-likeness (QED) is 0.0527. The Bertz CT molecular complexity index is 1420. The van der Waals surface area contributed by atoms with Crippen molar-refractivity contribution in [2.24, 2.45) is 0 Å². The van der Waals surface area contributed by atoms with Crippen LogP contribution in [-0.4, -0.2) is 8.42 Å². The van der Waals surface area contributed by atoms with Crippen LogP contribution in [0.2, 0.25) is 0 Å². The molecule has 45 heavy (non-hydrogen) atoms. The molecule has 242 valence electrons. The van der Waals surface area contributed by atoms with Crippen LogP contribution in [0.25, 0.3) is 0 Å². The molecule has 0 bridgehead atoms. The summed E-state index contributed by atoms with van der Waals surface area (Å²) in [6, 6.07) is 35.6. The van der Waals surface area contributed by atoms with Gasteiger partial charge in [-0.2, -0.15) is 8.42 Å². The van der Waals surface area contributed by atoms with Gasteiger partial charge in [0.25, 0.3) is 0 Å². The summed E-state index contributed by atoms with van der Waals surface area (Å²) < 4.78 is 31.4. The normalized spacial score (nSPS) is 11.5. The topological polar surface area (TPSA) is 43.4 Å². The third-order valence-corrected chi connectivity index (χ3v) is 10.2. The van der Waals surface area contributed by atoms with E-state index in [0.717, 1.165) is 30.4 Å². The van der Waals surface area contributed by atoms with Crippen molar-refractivity contribution in [3.05, 3.63) is 120 Å². The number of benzene rings is 4. The Kier molecular flexibility index (Phi) is 15.8. The molecule has 0 aliphatic rings. The van der Waals surface area contributed by atoms with E-state index in [9.17, 15) is 8.42 Å². The molecule has 5 heteroatoms. The van der Waals surface area contributed by atoms with Gasteiger partial charge in [0.05, 0.1) is 0 Å². The van der Waals surface area contributed by atoms with Gasteiger partial charge in [-0.1, -0.05) is 152 Å². The summed E-state index contributed by atoms with van der Waals surface area (Å²) in [5, 5.41) is 0. The molecule has 0 heterocycles. The van der Waals surface area contributed by atoms with Gasteiger partial charge in [-0.15, -0.1) is 0 Å². The molecule has 0 aliphatic heterocycles. The minimum absolute atomic E-state index is 0.0130. The van der Waals surface area contributed by atoms with Crippen molar-refractivity contribution in [3.8, 4) is 5.75 Å². The van der Waals surface area contributed by atoms with Crippen LogP contribution in [0.3, 0.4) is 0 Å². The van der Waals surface area contributed by atoms with Gasteiger partial charge in [0, 0.05) is 11.8 Å². The fourth-order valence-electron chi connectivity index (χ4n) is 5.09. The first-order chi connectivity index (χ1) is 21.7. The highest BCUT2D eigenvalue weighted by Gasteiger charge is 2.21. The van der Waals surface area contributed by atoms with E-state index in [0.29, 0.717) is 5.75 Å². The molecule has 4 rings (SSSR count). The number of hydrogen-bond donors (Lipinski definition) is 0. The van der Waals surface area contributed by atoms with Crippen LogP contribution >= 0.6 is 0 Å². The summed E-state index contributed by atoms with van der Waals surface area (Å²) in [4.78, 5) is 2.97. The molecule has 0 aromatic heterocycles. The van der Waals surface area contributed by atoms with Gasteiger partial charge in [-0.3, -0.25) is 0 Å². The number of unbranched alkanes of at least 4 members (excludes halogenated alkanes) is 9. The van der Waals surface area contributed by atoms with Crippen molar-refractivity contribution in [1.29, 1.82) is 0 Å². The van der Waals surface area contributed by atoms with Crippen LogP contribution in [0.1, 0.15) is 103 Å². The van der Waals surface area contributed by atoms with Crippen molar-refractivity contribution in [3.63, 3.8) is 0 Å². The second kappa shape index (κ2) is 19.5. The average Bonchev–Trinajstić information content (AvgIpc) is 3.03. The Labute approximate surface area is 278 Å². The maximum atomic E-state index is 13.0. The zero-order chi connectivity index (χ0) is 32.4. The third kappa shape index (κ3) is 13.9. The van der Waals surface area contributed by atoms with Crippen molar-refractivity contribution >= 4 is 21.9 Å². The summed E-state index contributed by atoms with van der Waals surface area (Å²) in [6.07, 6.45) is 13.4. The molecule has 0 radical (unpaired) electrons. The van der Waals surface area contributed by atoms with Crippen LogP contribution < -0.4 is 4.18 Å². The predicted molar refractivity (Wildman–Crippen MR) is 193 cm³/mol. The van der Waals surface area contributed by atoms with E-state index in [4.69, 9.17) is 4.18 Å². The molecule has 0 N–H and O–H groups in total. The standard InChI is InChI=1S/C28H42O3S.C12H10S/c1-5-6-7-8-9-10-11-12-13-14-17-24-18-15-16-19-27(24)32(29,30)31-26-22-20-25(21-23-26)28(2,3)4;1-3-7-11(8-4-1)13-12-9-5-2-6-10-12/h15-16,18-23H,5-14,17H2,1-4H3;1-10H/p+1. The highest BCUT2D eigenvalue weighted by Crippen LogP contribution is 2.27. The lowest BCUT2D eigenvalue weighted by atomic mass is 9.87. The van der Waals surface area contributed by atoms with Crippen molar-refractivity contribution in [2.75, 3.05) is 0 Å². The Hall–Kier alpha value is -3.02. The van der Waals surface area contributed by atoms with Gasteiger partial charge in [-0.25, -0.2) is 0 Å². The van der Waals surface area contributed by atoms with Gasteiger partial charge in [-0.05, 0) is 71.8 Å². The minimum atomic E-state index is -3.85. The van der Waals surface area contributed by atoms with Crippen molar-refractivity contribution < 1.29 is 12.6 Å². The maximum absolute atomic E-state index is 13.0. The van der Waals surface area contributed by atoms with Crippen molar-refractivity contribution in [2.45, 2.75) is 118 Å². The zero-order valence-corrected chi connectivity index (χ0v) is 29.5. The first-order valence-electron chi connectivity index (χ1n) is 16.6. The fraction of sp³-hybridized carbons (Fsp3) is 0.400. The van der Waals surface area contributed by atoms with Gasteiger partial charge >= 0.3 is 10.1 Å². The second-order valence-electron chi connectivity index (χ2n) is 12.6. The molecule has 4 aromatic rings. The Morgan fingerprint density at radius 1 is 0.578 bits per heavy atom. The van der Waals surface area contributed by atoms with Gasteiger partial charge in [0.2, 0.25) is 0 Å². The van der Waals surface area contributed by atoms with Crippen LogP contribution in [-0.2, 0) is 33.7 Å². The average molecular weight is 646 g/mol. The molecule has 0 aliphatic carbocycles. The lowest BCUT2D eigenvalue weighted by Gasteiger charge is -2.19. The van der Waals surface area contributed by atoms with E-state index >= 15 is 0 Å². The fourth-order valence-corrected chi connectivity index (χ4v) is 7.22. The van der Waals surface area contributed by atoms with E-state index in [1.54, 1.807) is 24.3 Å². The zero-order valence-electron chi connectivity index (χ0n) is 27.8. The molecule has 0 saturated carbocycles. The summed E-state index contributed by atoms with van der Waals surface area (Å²) in [5.74, 6) is 0.353. The summed E-state index contributed by atoms with van der Waals surface area (Å²) in [5.41, 5.74) is 2.00. The Balaban J connectivity index is 0.000000350. The van der Waals surface area contributed by atoms with E-state index in [-0.39, 0.29) is 10.3 Å². The predicted octanol–water partition coefficient (Wildman–Crippen LogP) is 11.1. The first-order valence-corrected chi connectivity index (χ1v) is 18.9. The second-order valence-corrected chi connectivity index (χ2v) is 15.4. The summed E-state index contributed by atoms with van der Waals surface area (Å²) >= 11 is 1.28. The highest BCUT2D eigenvalue weighted by molar-refractivity contribution is 7.87. The van der Waals surface area contributed by atoms with Crippen molar-refractivity contribution in [1.82, 2.24) is 0 Å². The van der Waals surface area contributed by atoms with Gasteiger partial charge in [0.15, 0.2) is 9.79 Å². The van der Waals surface area contributed by atoms with E-state index < -0.39 is 10.1 Å². The van der Waals surface area contributed by atoms with E-state index in [1.165, 1.54) is 72.9 Å². The number of aryl methyl sites for hydroxylation is 1. The lowest BCUT2D eigenvalue weighted by Crippen LogP contribution is -2.13. The molecule has 3 nitrogen and oxygen atoms in total. The van der Waals surface area contributed by atoms with Crippen LogP contribution in [0.4, 0.5) is 0 Å². The van der Waals surface area contributed by atoms with Crippen LogP contribution in [0, 0.1) is 0 Å². The van der Waals surface area contributed by atoms with Crippen LogP contribution in [0.15, 0.2) is 124 Å². The maximum Gasteiger partial charge on any atom is 0.339 e. The number of rotatable bonds is 16. The van der Waals surface area contributed by atoms with Crippen LogP contribution in [0.5, 0.6) is 5.75 Å². The first kappa shape index (κ1) is 36.4. The SMILES string of the molecule is CCCCCCCCCCCCc1ccccc1S(=O)(=O)Oc1ccc(C(C)(C)C)cc1.c1ccc([SH+]c2ccccc2)cc1. The lowest BCUT2D eigenvalue weighted by molar-refractivity contribution is 0.484. The molecular weight excluding hydrogens is 593 g/mol. The summed E-state index contributed by atoms with van der Waals surface area (Å²) in [6.45, 7) is 8.64. The molecule has 0 unspecified atom stereocenters. The van der Waals surface area contributed by atoms with E-state index in [2.05, 4.69) is 76.2 Å². The van der Waals surface area contributed by atoms with E-state index in [1.807, 2.05) is 36.4 Å². The smallest absolute Gasteiger partial charge is 0.339 e. The molecule has 0 spiro atoms. The van der Waals surface area contributed by atoms with Gasteiger partial charge in [0.1, 0.15) is 10.6 Å². The molecule has 0 saturated heterocycles. The monoisotopic (exact) mass is 645 g/mol. The van der Waals surface area contributed by atoms with Gasteiger partial charge < -0.3 is 4.18 Å². The molecule has 0 atom stereocenters. The minimum Gasteiger partial charge on any atom is -0.379 e. The third-order valence-electron chi connectivity index (χ3n) is 7.74. The summed E-state index contributed by atoms with van der Waals surface area (Å²) in [7, 11) is -3.85. The molecule has 0 amide bonds. The largest absolute Gasteiger partial charge is 0.379 e. The number of thiol groups is 1. The molecular formula is C40H53O3S2+. The molecule has 4 aromatic carbocycles. The highest BCUT2D eigenvalue weighted by atomic mass is 32.2.